The molecule has 0 aliphatic carbocycles. The maximum Gasteiger partial charge on any atom is 0.321 e. The van der Waals surface area contributed by atoms with E-state index in [1.807, 2.05) is 6.07 Å². The highest BCUT2D eigenvalue weighted by Gasteiger charge is 2.31. The van der Waals surface area contributed by atoms with Gasteiger partial charge in [-0.25, -0.2) is 0 Å². The van der Waals surface area contributed by atoms with Gasteiger partial charge in [0.15, 0.2) is 0 Å². The van der Waals surface area contributed by atoms with Crippen LogP contribution in [-0.4, -0.2) is 31.8 Å². The fourth-order valence-corrected chi connectivity index (χ4v) is 3.44. The van der Waals surface area contributed by atoms with Crippen LogP contribution in [0.5, 0.6) is 0 Å². The number of halogens is 1. The fourth-order valence-electron chi connectivity index (χ4n) is 1.77. The highest BCUT2D eigenvalue weighted by Crippen LogP contribution is 2.31. The van der Waals surface area contributed by atoms with Crippen molar-refractivity contribution < 1.29 is 17.9 Å². The van der Waals surface area contributed by atoms with Crippen LogP contribution in [0.3, 0.4) is 0 Å². The van der Waals surface area contributed by atoms with Crippen LogP contribution in [0.4, 0.5) is 5.69 Å². The lowest BCUT2D eigenvalue weighted by molar-refractivity contribution is -0.143. The second kappa shape index (κ2) is 5.48. The SMILES string of the molecule is CCOC(=O)CN1Cc2c(Br)cccc2NS1(=O)=O. The second-order valence-electron chi connectivity index (χ2n) is 3.95. The van der Waals surface area contributed by atoms with E-state index in [1.54, 1.807) is 19.1 Å². The highest BCUT2D eigenvalue weighted by atomic mass is 79.9. The minimum absolute atomic E-state index is 0.130. The topological polar surface area (TPSA) is 75.7 Å². The summed E-state index contributed by atoms with van der Waals surface area (Å²) in [6.45, 7) is 1.72. The van der Waals surface area contributed by atoms with E-state index in [9.17, 15) is 13.2 Å². The standard InChI is InChI=1S/C11H13BrN2O4S/c1-2-18-11(15)7-14-6-8-9(12)4-3-5-10(8)13-19(14,16)17/h3-5,13H,2,6-7H2,1H3. The van der Waals surface area contributed by atoms with Gasteiger partial charge in [-0.15, -0.1) is 0 Å². The fraction of sp³-hybridized carbons (Fsp3) is 0.364. The average Bonchev–Trinajstić information content (AvgIpc) is 2.31. The van der Waals surface area contributed by atoms with Gasteiger partial charge in [0.1, 0.15) is 6.54 Å². The Kier molecular flexibility index (Phi) is 4.12. The average molecular weight is 349 g/mol. The summed E-state index contributed by atoms with van der Waals surface area (Å²) in [6, 6.07) is 5.24. The predicted octanol–water partition coefficient (Wildman–Crippen LogP) is 1.48. The van der Waals surface area contributed by atoms with Crippen molar-refractivity contribution in [3.05, 3.63) is 28.2 Å². The van der Waals surface area contributed by atoms with Gasteiger partial charge < -0.3 is 4.74 Å². The molecule has 0 saturated carbocycles. The lowest BCUT2D eigenvalue weighted by Gasteiger charge is -2.29. The second-order valence-corrected chi connectivity index (χ2v) is 6.47. The number of carbonyl (C=O) groups excluding carboxylic acids is 1. The Morgan fingerprint density at radius 2 is 2.26 bits per heavy atom. The van der Waals surface area contributed by atoms with Gasteiger partial charge >= 0.3 is 16.2 Å². The molecule has 0 fully saturated rings. The van der Waals surface area contributed by atoms with Crippen LogP contribution in [-0.2, 0) is 26.3 Å². The van der Waals surface area contributed by atoms with Crippen molar-refractivity contribution in [3.63, 3.8) is 0 Å². The van der Waals surface area contributed by atoms with Crippen LogP contribution in [0.1, 0.15) is 12.5 Å². The molecule has 6 nitrogen and oxygen atoms in total. The molecule has 0 amide bonds. The Balaban J connectivity index is 2.27. The van der Waals surface area contributed by atoms with Gasteiger partial charge in [-0.3, -0.25) is 9.52 Å². The van der Waals surface area contributed by atoms with Crippen molar-refractivity contribution in [1.82, 2.24) is 4.31 Å². The van der Waals surface area contributed by atoms with Crippen LogP contribution >= 0.6 is 15.9 Å². The van der Waals surface area contributed by atoms with Crippen molar-refractivity contribution in [2.24, 2.45) is 0 Å². The normalized spacial score (nSPS) is 17.4. The molecule has 0 radical (unpaired) electrons. The number of nitrogens with one attached hydrogen (secondary N) is 1. The molecule has 0 saturated heterocycles. The molecular formula is C11H13BrN2O4S. The number of carbonyl (C=O) groups is 1. The van der Waals surface area contributed by atoms with E-state index in [2.05, 4.69) is 20.7 Å². The molecule has 1 N–H and O–H groups in total. The number of ether oxygens (including phenoxy) is 1. The van der Waals surface area contributed by atoms with Crippen LogP contribution < -0.4 is 4.72 Å². The van der Waals surface area contributed by atoms with E-state index in [0.29, 0.717) is 5.69 Å². The van der Waals surface area contributed by atoms with Gasteiger partial charge in [0.25, 0.3) is 0 Å². The summed E-state index contributed by atoms with van der Waals surface area (Å²) in [4.78, 5) is 11.4. The molecule has 104 valence electrons. The van der Waals surface area contributed by atoms with E-state index in [0.717, 1.165) is 14.3 Å². The Morgan fingerprint density at radius 1 is 1.53 bits per heavy atom. The molecule has 1 aromatic carbocycles. The zero-order valence-corrected chi connectivity index (χ0v) is 12.6. The third kappa shape index (κ3) is 3.07. The Labute approximate surface area is 120 Å². The summed E-state index contributed by atoms with van der Waals surface area (Å²) >= 11 is 3.37. The maximum absolute atomic E-state index is 12.0. The van der Waals surface area contributed by atoms with Gasteiger partial charge in [-0.05, 0) is 19.1 Å². The number of rotatable bonds is 3. The number of nitrogens with zero attached hydrogens (tertiary/aromatic N) is 1. The van der Waals surface area contributed by atoms with Crippen molar-refractivity contribution >= 4 is 37.8 Å². The molecule has 8 heteroatoms. The molecule has 0 unspecified atom stereocenters. The molecular weight excluding hydrogens is 336 g/mol. The number of hydrogen-bond donors (Lipinski definition) is 1. The summed E-state index contributed by atoms with van der Waals surface area (Å²) < 4.78 is 33.0. The van der Waals surface area contributed by atoms with Crippen molar-refractivity contribution in [2.45, 2.75) is 13.5 Å². The van der Waals surface area contributed by atoms with Crippen LogP contribution in [0.2, 0.25) is 0 Å². The van der Waals surface area contributed by atoms with Gasteiger partial charge in [0.2, 0.25) is 0 Å². The van der Waals surface area contributed by atoms with Gasteiger partial charge in [0, 0.05) is 16.6 Å². The largest absolute Gasteiger partial charge is 0.465 e. The summed E-state index contributed by atoms with van der Waals surface area (Å²) in [5.74, 6) is -0.566. The number of hydrogen-bond acceptors (Lipinski definition) is 4. The quantitative estimate of drug-likeness (QED) is 0.839. The van der Waals surface area contributed by atoms with E-state index in [-0.39, 0.29) is 19.7 Å². The summed E-state index contributed by atoms with van der Waals surface area (Å²) in [5, 5.41) is 0. The minimum atomic E-state index is -3.71. The maximum atomic E-state index is 12.0. The number of anilines is 1. The summed E-state index contributed by atoms with van der Waals surface area (Å²) in [5.41, 5.74) is 1.32. The smallest absolute Gasteiger partial charge is 0.321 e. The third-order valence-corrected chi connectivity index (χ3v) is 4.80. The van der Waals surface area contributed by atoms with Crippen LogP contribution in [0.15, 0.2) is 22.7 Å². The molecule has 1 aliphatic rings. The molecule has 0 bridgehead atoms. The van der Waals surface area contributed by atoms with E-state index in [4.69, 9.17) is 4.74 Å². The molecule has 0 spiro atoms. The zero-order valence-electron chi connectivity index (χ0n) is 10.2. The molecule has 0 atom stereocenters. The first-order chi connectivity index (χ1) is 8.94. The van der Waals surface area contributed by atoms with Gasteiger partial charge in [0.05, 0.1) is 12.3 Å². The number of esters is 1. The Bertz CT molecular complexity index is 603. The van der Waals surface area contributed by atoms with E-state index >= 15 is 0 Å². The molecule has 1 aromatic rings. The molecule has 2 rings (SSSR count). The molecule has 19 heavy (non-hydrogen) atoms. The Morgan fingerprint density at radius 3 is 2.95 bits per heavy atom. The van der Waals surface area contributed by atoms with Gasteiger partial charge in [-0.2, -0.15) is 12.7 Å². The first-order valence-corrected chi connectivity index (χ1v) is 7.88. The van der Waals surface area contributed by atoms with Gasteiger partial charge in [-0.1, -0.05) is 22.0 Å². The van der Waals surface area contributed by atoms with Crippen molar-refractivity contribution in [3.8, 4) is 0 Å². The van der Waals surface area contributed by atoms with Crippen LogP contribution in [0, 0.1) is 0 Å². The zero-order chi connectivity index (χ0) is 14.0. The summed E-state index contributed by atoms with van der Waals surface area (Å²) in [7, 11) is -3.71. The van der Waals surface area contributed by atoms with Crippen molar-refractivity contribution in [1.29, 1.82) is 0 Å². The van der Waals surface area contributed by atoms with Crippen molar-refractivity contribution in [2.75, 3.05) is 17.9 Å². The van der Waals surface area contributed by atoms with E-state index < -0.39 is 16.2 Å². The lowest BCUT2D eigenvalue weighted by atomic mass is 10.2. The number of fused-ring (bicyclic) bond motifs is 1. The van der Waals surface area contributed by atoms with E-state index in [1.165, 1.54) is 0 Å². The molecule has 1 heterocycles. The summed E-state index contributed by atoms with van der Waals surface area (Å²) in [6.07, 6.45) is 0. The molecule has 1 aliphatic heterocycles. The minimum Gasteiger partial charge on any atom is -0.465 e. The number of benzene rings is 1. The first-order valence-electron chi connectivity index (χ1n) is 5.65. The van der Waals surface area contributed by atoms with Crippen LogP contribution in [0.25, 0.3) is 0 Å². The monoisotopic (exact) mass is 348 g/mol. The molecule has 0 aromatic heterocycles. The lowest BCUT2D eigenvalue weighted by Crippen LogP contribution is -2.42. The predicted molar refractivity (Wildman–Crippen MR) is 73.7 cm³/mol. The Hall–Kier alpha value is -1.12. The highest BCUT2D eigenvalue weighted by molar-refractivity contribution is 9.10. The first kappa shape index (κ1) is 14.3. The third-order valence-electron chi connectivity index (χ3n) is 2.64.